The van der Waals surface area contributed by atoms with E-state index >= 15 is 0 Å². The zero-order chi connectivity index (χ0) is 14.4. The third-order valence-corrected chi connectivity index (χ3v) is 5.29. The molecule has 0 radical (unpaired) electrons. The molecule has 5 heteroatoms. The summed E-state index contributed by atoms with van der Waals surface area (Å²) in [6.07, 6.45) is 5.40. The number of hydrogen-bond acceptors (Lipinski definition) is 5. The number of methoxy groups -OCH3 is 2. The molecule has 0 amide bonds. The number of rotatable bonds is 7. The van der Waals surface area contributed by atoms with E-state index in [1.54, 1.807) is 14.2 Å². The van der Waals surface area contributed by atoms with Crippen LogP contribution < -0.4 is 20.7 Å². The summed E-state index contributed by atoms with van der Waals surface area (Å²) in [7, 11) is 3.33. The Morgan fingerprint density at radius 2 is 2.05 bits per heavy atom. The van der Waals surface area contributed by atoms with Gasteiger partial charge in [-0.05, 0) is 25.0 Å². The molecule has 20 heavy (non-hydrogen) atoms. The van der Waals surface area contributed by atoms with Crippen LogP contribution in [0.25, 0.3) is 0 Å². The van der Waals surface area contributed by atoms with E-state index in [0.717, 1.165) is 28.1 Å². The number of nitrogens with one attached hydrogen (secondary N) is 1. The lowest BCUT2D eigenvalue weighted by molar-refractivity contribution is 0.386. The number of benzene rings is 1. The highest BCUT2D eigenvalue weighted by Gasteiger charge is 2.20. The Hall–Kier alpha value is -0.910. The Balaban J connectivity index is 2.05. The van der Waals surface area contributed by atoms with Crippen LogP contribution in [0.15, 0.2) is 18.2 Å². The van der Waals surface area contributed by atoms with Gasteiger partial charge in [0.1, 0.15) is 11.5 Å². The van der Waals surface area contributed by atoms with Gasteiger partial charge in [-0.3, -0.25) is 11.3 Å². The van der Waals surface area contributed by atoms with E-state index in [1.165, 1.54) is 25.7 Å². The van der Waals surface area contributed by atoms with Gasteiger partial charge in [-0.25, -0.2) is 0 Å². The number of hydrogen-bond donors (Lipinski definition) is 2. The number of ether oxygens (including phenoxy) is 2. The summed E-state index contributed by atoms with van der Waals surface area (Å²) < 4.78 is 10.7. The van der Waals surface area contributed by atoms with Gasteiger partial charge >= 0.3 is 0 Å². The summed E-state index contributed by atoms with van der Waals surface area (Å²) in [6, 6.07) is 5.97. The van der Waals surface area contributed by atoms with Gasteiger partial charge in [0, 0.05) is 22.6 Å². The SMILES string of the molecule is COc1ccc(C(CSC2CCCC2)NN)c(OC)c1. The molecule has 0 aliphatic heterocycles. The van der Waals surface area contributed by atoms with E-state index < -0.39 is 0 Å². The first-order valence-corrected chi connectivity index (χ1v) is 8.13. The van der Waals surface area contributed by atoms with Gasteiger partial charge < -0.3 is 9.47 Å². The van der Waals surface area contributed by atoms with Crippen molar-refractivity contribution in [2.75, 3.05) is 20.0 Å². The van der Waals surface area contributed by atoms with Crippen molar-refractivity contribution >= 4 is 11.8 Å². The Morgan fingerprint density at radius 1 is 1.30 bits per heavy atom. The summed E-state index contributed by atoms with van der Waals surface area (Å²) in [5.74, 6) is 8.31. The van der Waals surface area contributed by atoms with Gasteiger partial charge in [0.25, 0.3) is 0 Å². The summed E-state index contributed by atoms with van der Waals surface area (Å²) in [5, 5.41) is 0.787. The van der Waals surface area contributed by atoms with Crippen LogP contribution in [0.2, 0.25) is 0 Å². The Morgan fingerprint density at radius 3 is 2.65 bits per heavy atom. The van der Waals surface area contributed by atoms with Gasteiger partial charge in [-0.1, -0.05) is 12.8 Å². The molecule has 4 nitrogen and oxygen atoms in total. The minimum absolute atomic E-state index is 0.0986. The van der Waals surface area contributed by atoms with Crippen molar-refractivity contribution < 1.29 is 9.47 Å². The summed E-state index contributed by atoms with van der Waals surface area (Å²) >= 11 is 2.01. The molecule has 1 aliphatic carbocycles. The molecule has 1 aromatic rings. The molecule has 1 atom stereocenters. The molecule has 1 aliphatic rings. The average Bonchev–Trinajstić information content (AvgIpc) is 3.01. The number of thioether (sulfide) groups is 1. The molecule has 0 bridgehead atoms. The molecule has 1 saturated carbocycles. The minimum Gasteiger partial charge on any atom is -0.497 e. The fourth-order valence-electron chi connectivity index (χ4n) is 2.62. The van der Waals surface area contributed by atoms with E-state index in [1.807, 2.05) is 30.0 Å². The standard InChI is InChI=1S/C15H24N2O2S/c1-18-11-7-8-13(15(9-11)19-2)14(17-16)10-20-12-5-3-4-6-12/h7-9,12,14,17H,3-6,10,16H2,1-2H3. The molecule has 112 valence electrons. The molecule has 1 unspecified atom stereocenters. The molecular formula is C15H24N2O2S. The quantitative estimate of drug-likeness (QED) is 0.598. The first-order chi connectivity index (χ1) is 9.78. The smallest absolute Gasteiger partial charge is 0.127 e. The van der Waals surface area contributed by atoms with Crippen molar-refractivity contribution in [3.63, 3.8) is 0 Å². The van der Waals surface area contributed by atoms with E-state index in [9.17, 15) is 0 Å². The number of hydrazine groups is 1. The molecule has 0 heterocycles. The third-order valence-electron chi connectivity index (χ3n) is 3.82. The number of nitrogens with two attached hydrogens (primary N) is 1. The molecule has 0 aromatic heterocycles. The first-order valence-electron chi connectivity index (χ1n) is 7.08. The van der Waals surface area contributed by atoms with Crippen molar-refractivity contribution in [2.24, 2.45) is 5.84 Å². The zero-order valence-corrected chi connectivity index (χ0v) is 13.0. The highest BCUT2D eigenvalue weighted by molar-refractivity contribution is 7.99. The van der Waals surface area contributed by atoms with Gasteiger partial charge in [0.2, 0.25) is 0 Å². The maximum Gasteiger partial charge on any atom is 0.127 e. The maximum atomic E-state index is 5.73. The lowest BCUT2D eigenvalue weighted by Crippen LogP contribution is -2.30. The lowest BCUT2D eigenvalue weighted by atomic mass is 10.1. The largest absolute Gasteiger partial charge is 0.497 e. The predicted molar refractivity (Wildman–Crippen MR) is 84.3 cm³/mol. The van der Waals surface area contributed by atoms with Crippen molar-refractivity contribution in [1.82, 2.24) is 5.43 Å². The molecule has 1 fully saturated rings. The van der Waals surface area contributed by atoms with E-state index in [2.05, 4.69) is 5.43 Å². The highest BCUT2D eigenvalue weighted by Crippen LogP contribution is 2.35. The van der Waals surface area contributed by atoms with Crippen LogP contribution >= 0.6 is 11.8 Å². The molecule has 1 aromatic carbocycles. The van der Waals surface area contributed by atoms with Crippen molar-refractivity contribution in [1.29, 1.82) is 0 Å². The Labute approximate surface area is 125 Å². The Bertz CT molecular complexity index is 422. The minimum atomic E-state index is 0.0986. The molecule has 0 spiro atoms. The van der Waals surface area contributed by atoms with Gasteiger partial charge in [0.05, 0.1) is 20.3 Å². The molecule has 3 N–H and O–H groups in total. The lowest BCUT2D eigenvalue weighted by Gasteiger charge is -2.21. The molecule has 2 rings (SSSR count). The topological polar surface area (TPSA) is 56.5 Å². The van der Waals surface area contributed by atoms with Crippen LogP contribution in [0.4, 0.5) is 0 Å². The normalized spacial score (nSPS) is 17.1. The van der Waals surface area contributed by atoms with Gasteiger partial charge in [-0.15, -0.1) is 0 Å². The van der Waals surface area contributed by atoms with E-state index in [4.69, 9.17) is 15.3 Å². The molecule has 0 saturated heterocycles. The van der Waals surface area contributed by atoms with Crippen LogP contribution in [-0.4, -0.2) is 25.2 Å². The fraction of sp³-hybridized carbons (Fsp3) is 0.600. The van der Waals surface area contributed by atoms with Crippen LogP contribution in [0.1, 0.15) is 37.3 Å². The van der Waals surface area contributed by atoms with Gasteiger partial charge in [0.15, 0.2) is 0 Å². The fourth-order valence-corrected chi connectivity index (χ4v) is 4.03. The maximum absolute atomic E-state index is 5.73. The van der Waals surface area contributed by atoms with Crippen molar-refractivity contribution in [3.05, 3.63) is 23.8 Å². The summed E-state index contributed by atoms with van der Waals surface area (Å²) in [6.45, 7) is 0. The molecular weight excluding hydrogens is 272 g/mol. The van der Waals surface area contributed by atoms with Gasteiger partial charge in [-0.2, -0.15) is 11.8 Å². The monoisotopic (exact) mass is 296 g/mol. The van der Waals surface area contributed by atoms with E-state index in [-0.39, 0.29) is 6.04 Å². The second-order valence-corrected chi connectivity index (χ2v) is 6.40. The summed E-state index contributed by atoms with van der Waals surface area (Å²) in [4.78, 5) is 0. The summed E-state index contributed by atoms with van der Waals surface area (Å²) in [5.41, 5.74) is 4.00. The van der Waals surface area contributed by atoms with Crippen molar-refractivity contribution in [3.8, 4) is 11.5 Å². The average molecular weight is 296 g/mol. The zero-order valence-electron chi connectivity index (χ0n) is 12.2. The highest BCUT2D eigenvalue weighted by atomic mass is 32.2. The van der Waals surface area contributed by atoms with Crippen molar-refractivity contribution in [2.45, 2.75) is 37.0 Å². The van der Waals surface area contributed by atoms with Crippen LogP contribution in [0, 0.1) is 0 Å². The van der Waals surface area contributed by atoms with Crippen LogP contribution in [-0.2, 0) is 0 Å². The Kier molecular flexibility index (Phi) is 6.01. The third kappa shape index (κ3) is 3.81. The second-order valence-electron chi connectivity index (χ2n) is 5.07. The van der Waals surface area contributed by atoms with Crippen LogP contribution in [0.3, 0.4) is 0 Å². The second kappa shape index (κ2) is 7.76. The first kappa shape index (κ1) is 15.5. The predicted octanol–water partition coefficient (Wildman–Crippen LogP) is 2.88. The van der Waals surface area contributed by atoms with E-state index in [0.29, 0.717) is 0 Å². The van der Waals surface area contributed by atoms with Crippen LogP contribution in [0.5, 0.6) is 11.5 Å².